The number of likely N-dealkylation sites (tertiary alicyclic amines) is 1. The molecular weight excluding hydrogens is 210 g/mol. The van der Waals surface area contributed by atoms with Crippen molar-refractivity contribution in [3.05, 3.63) is 0 Å². The standard InChI is InChI=1S/C15H31NO/c1-4-6-7-8-11-15(3,5-2)16-12-9-10-14(17)13-16/h14,17H,4-13H2,1-3H3. The number of piperidine rings is 1. The molecule has 1 N–H and O–H groups in total. The van der Waals surface area contributed by atoms with Gasteiger partial charge in [0.25, 0.3) is 0 Å². The molecular formula is C15H31NO. The monoisotopic (exact) mass is 241 g/mol. The SMILES string of the molecule is CCCCCCC(C)(CC)N1CCCC(O)C1. The summed E-state index contributed by atoms with van der Waals surface area (Å²) in [5, 5.41) is 9.81. The van der Waals surface area contributed by atoms with Gasteiger partial charge >= 0.3 is 0 Å². The van der Waals surface area contributed by atoms with Gasteiger partial charge in [0.2, 0.25) is 0 Å². The Bertz CT molecular complexity index is 207. The molecule has 1 heterocycles. The third kappa shape index (κ3) is 4.59. The van der Waals surface area contributed by atoms with E-state index in [-0.39, 0.29) is 6.10 Å². The summed E-state index contributed by atoms with van der Waals surface area (Å²) in [5.41, 5.74) is 0.315. The van der Waals surface area contributed by atoms with Gasteiger partial charge in [-0.15, -0.1) is 0 Å². The smallest absolute Gasteiger partial charge is 0.0667 e. The maximum atomic E-state index is 9.81. The molecule has 1 rings (SSSR count). The Labute approximate surface area is 107 Å². The Kier molecular flexibility index (Phi) is 6.50. The van der Waals surface area contributed by atoms with Crippen LogP contribution in [0.2, 0.25) is 0 Å². The highest BCUT2D eigenvalue weighted by Crippen LogP contribution is 2.29. The summed E-state index contributed by atoms with van der Waals surface area (Å²) in [6.07, 6.45) is 9.92. The van der Waals surface area contributed by atoms with Crippen LogP contribution in [0, 0.1) is 0 Å². The van der Waals surface area contributed by atoms with Crippen LogP contribution < -0.4 is 0 Å². The zero-order valence-electron chi connectivity index (χ0n) is 12.0. The first-order chi connectivity index (χ1) is 8.12. The summed E-state index contributed by atoms with van der Waals surface area (Å²) in [4.78, 5) is 2.53. The minimum Gasteiger partial charge on any atom is -0.392 e. The van der Waals surface area contributed by atoms with Crippen molar-refractivity contribution < 1.29 is 5.11 Å². The molecule has 1 aliphatic rings. The first-order valence-corrected chi connectivity index (χ1v) is 7.55. The molecule has 0 radical (unpaired) electrons. The lowest BCUT2D eigenvalue weighted by molar-refractivity contribution is 0.000878. The largest absolute Gasteiger partial charge is 0.392 e. The molecule has 0 aliphatic carbocycles. The van der Waals surface area contributed by atoms with Crippen LogP contribution in [0.15, 0.2) is 0 Å². The van der Waals surface area contributed by atoms with E-state index >= 15 is 0 Å². The highest BCUT2D eigenvalue weighted by atomic mass is 16.3. The molecule has 2 nitrogen and oxygen atoms in total. The lowest BCUT2D eigenvalue weighted by Gasteiger charge is -2.44. The van der Waals surface area contributed by atoms with E-state index in [9.17, 15) is 5.11 Å². The van der Waals surface area contributed by atoms with Crippen molar-refractivity contribution in [3.8, 4) is 0 Å². The number of β-amino-alcohol motifs (C(OH)–C–C–N with tert-alkyl or cyclic N) is 1. The predicted molar refractivity (Wildman–Crippen MR) is 74.3 cm³/mol. The molecule has 0 spiro atoms. The van der Waals surface area contributed by atoms with E-state index in [2.05, 4.69) is 25.7 Å². The van der Waals surface area contributed by atoms with Crippen molar-refractivity contribution in [2.45, 2.75) is 83.8 Å². The Morgan fingerprint density at radius 3 is 2.59 bits per heavy atom. The first kappa shape index (κ1) is 15.0. The number of rotatable bonds is 7. The van der Waals surface area contributed by atoms with Gasteiger partial charge in [-0.2, -0.15) is 0 Å². The van der Waals surface area contributed by atoms with Crippen LogP contribution in [-0.2, 0) is 0 Å². The van der Waals surface area contributed by atoms with Gasteiger partial charge in [0.05, 0.1) is 6.10 Å². The van der Waals surface area contributed by atoms with Crippen molar-refractivity contribution in [3.63, 3.8) is 0 Å². The fourth-order valence-corrected chi connectivity index (χ4v) is 2.94. The lowest BCUT2D eigenvalue weighted by atomic mass is 9.87. The van der Waals surface area contributed by atoms with Crippen LogP contribution in [0.5, 0.6) is 0 Å². The van der Waals surface area contributed by atoms with Gasteiger partial charge < -0.3 is 5.11 Å². The van der Waals surface area contributed by atoms with E-state index in [4.69, 9.17) is 0 Å². The van der Waals surface area contributed by atoms with E-state index in [0.717, 1.165) is 19.4 Å². The zero-order valence-corrected chi connectivity index (χ0v) is 12.0. The van der Waals surface area contributed by atoms with Crippen LogP contribution in [0.3, 0.4) is 0 Å². The fourth-order valence-electron chi connectivity index (χ4n) is 2.94. The Balaban J connectivity index is 2.42. The van der Waals surface area contributed by atoms with Crippen LogP contribution in [0.1, 0.15) is 72.1 Å². The Morgan fingerprint density at radius 2 is 2.00 bits per heavy atom. The molecule has 17 heavy (non-hydrogen) atoms. The van der Waals surface area contributed by atoms with Crippen LogP contribution >= 0.6 is 0 Å². The van der Waals surface area contributed by atoms with Crippen molar-refractivity contribution in [2.75, 3.05) is 13.1 Å². The molecule has 0 amide bonds. The van der Waals surface area contributed by atoms with Crippen molar-refractivity contribution in [1.29, 1.82) is 0 Å². The van der Waals surface area contributed by atoms with Gasteiger partial charge in [0, 0.05) is 12.1 Å². The molecule has 0 saturated carbocycles. The number of hydrogen-bond acceptors (Lipinski definition) is 2. The molecule has 1 saturated heterocycles. The number of aliphatic hydroxyl groups excluding tert-OH is 1. The van der Waals surface area contributed by atoms with Gasteiger partial charge in [-0.1, -0.05) is 39.5 Å². The second-order valence-electron chi connectivity index (χ2n) is 5.90. The molecule has 2 unspecified atom stereocenters. The lowest BCUT2D eigenvalue weighted by Crippen LogP contribution is -2.52. The molecule has 0 bridgehead atoms. The minimum atomic E-state index is -0.0923. The minimum absolute atomic E-state index is 0.0923. The van der Waals surface area contributed by atoms with Crippen LogP contribution in [0.25, 0.3) is 0 Å². The van der Waals surface area contributed by atoms with E-state index in [1.807, 2.05) is 0 Å². The van der Waals surface area contributed by atoms with E-state index in [0.29, 0.717) is 5.54 Å². The maximum absolute atomic E-state index is 9.81. The van der Waals surface area contributed by atoms with E-state index in [1.54, 1.807) is 0 Å². The Hall–Kier alpha value is -0.0800. The summed E-state index contributed by atoms with van der Waals surface area (Å²) in [6, 6.07) is 0. The van der Waals surface area contributed by atoms with Gasteiger partial charge in [0.1, 0.15) is 0 Å². The molecule has 1 aliphatic heterocycles. The van der Waals surface area contributed by atoms with Crippen molar-refractivity contribution in [1.82, 2.24) is 4.90 Å². The average Bonchev–Trinajstić information content (AvgIpc) is 2.34. The van der Waals surface area contributed by atoms with Gasteiger partial charge in [-0.3, -0.25) is 4.90 Å². The summed E-state index contributed by atoms with van der Waals surface area (Å²) in [7, 11) is 0. The molecule has 2 heteroatoms. The number of hydrogen-bond donors (Lipinski definition) is 1. The van der Waals surface area contributed by atoms with Crippen molar-refractivity contribution >= 4 is 0 Å². The summed E-state index contributed by atoms with van der Waals surface area (Å²) >= 11 is 0. The van der Waals surface area contributed by atoms with Gasteiger partial charge in [-0.05, 0) is 39.2 Å². The molecule has 1 fully saturated rings. The highest BCUT2D eigenvalue weighted by Gasteiger charge is 2.32. The summed E-state index contributed by atoms with van der Waals surface area (Å²) in [6.45, 7) is 9.01. The first-order valence-electron chi connectivity index (χ1n) is 7.55. The average molecular weight is 241 g/mol. The second-order valence-corrected chi connectivity index (χ2v) is 5.90. The number of nitrogens with zero attached hydrogens (tertiary/aromatic N) is 1. The molecule has 0 aromatic rings. The van der Waals surface area contributed by atoms with Crippen LogP contribution in [0.4, 0.5) is 0 Å². The molecule has 0 aromatic heterocycles. The predicted octanol–water partition coefficient (Wildman–Crippen LogP) is 3.58. The number of aliphatic hydroxyl groups is 1. The maximum Gasteiger partial charge on any atom is 0.0667 e. The number of unbranched alkanes of at least 4 members (excludes halogenated alkanes) is 3. The third-order valence-corrected chi connectivity index (χ3v) is 4.49. The highest BCUT2D eigenvalue weighted by molar-refractivity contribution is 4.88. The molecule has 102 valence electrons. The van der Waals surface area contributed by atoms with E-state index < -0.39 is 0 Å². The van der Waals surface area contributed by atoms with Gasteiger partial charge in [-0.25, -0.2) is 0 Å². The summed E-state index contributed by atoms with van der Waals surface area (Å²) in [5.74, 6) is 0. The van der Waals surface area contributed by atoms with Gasteiger partial charge in [0.15, 0.2) is 0 Å². The van der Waals surface area contributed by atoms with E-state index in [1.165, 1.54) is 45.1 Å². The third-order valence-electron chi connectivity index (χ3n) is 4.49. The molecule has 0 aromatic carbocycles. The van der Waals surface area contributed by atoms with Crippen molar-refractivity contribution in [2.24, 2.45) is 0 Å². The quantitative estimate of drug-likeness (QED) is 0.689. The fraction of sp³-hybridized carbons (Fsp3) is 1.00. The second kappa shape index (κ2) is 7.38. The Morgan fingerprint density at radius 1 is 1.24 bits per heavy atom. The zero-order chi connectivity index (χ0) is 12.7. The summed E-state index contributed by atoms with van der Waals surface area (Å²) < 4.78 is 0. The van der Waals surface area contributed by atoms with Crippen LogP contribution in [-0.4, -0.2) is 34.7 Å². The molecule has 2 atom stereocenters. The topological polar surface area (TPSA) is 23.5 Å². The normalized spacial score (nSPS) is 25.8.